The van der Waals surface area contributed by atoms with E-state index >= 15 is 0 Å². The smallest absolute Gasteiger partial charge is 0.243 e. The second kappa shape index (κ2) is 8.02. The van der Waals surface area contributed by atoms with Gasteiger partial charge in [0.15, 0.2) is 0 Å². The zero-order chi connectivity index (χ0) is 17.6. The summed E-state index contributed by atoms with van der Waals surface area (Å²) in [6.45, 7) is 2.66. The molecule has 0 fully saturated rings. The molecule has 0 spiro atoms. The van der Waals surface area contributed by atoms with Crippen LogP contribution in [0, 0.1) is 6.92 Å². The Hall–Kier alpha value is -2.54. The Morgan fingerprint density at radius 1 is 1.28 bits per heavy atom. The van der Waals surface area contributed by atoms with Gasteiger partial charge in [0, 0.05) is 24.8 Å². The molecule has 2 heterocycles. The molecule has 0 saturated carbocycles. The lowest BCUT2D eigenvalue weighted by atomic mass is 10.0. The van der Waals surface area contributed by atoms with Crippen LogP contribution in [-0.2, 0) is 16.0 Å². The van der Waals surface area contributed by atoms with Gasteiger partial charge in [-0.05, 0) is 12.5 Å². The van der Waals surface area contributed by atoms with Crippen LogP contribution < -0.4 is 5.32 Å². The zero-order valence-electron chi connectivity index (χ0n) is 14.1. The van der Waals surface area contributed by atoms with Crippen molar-refractivity contribution in [2.45, 2.75) is 26.2 Å². The average Bonchev–Trinajstić information content (AvgIpc) is 3.02. The molecule has 0 saturated heterocycles. The maximum atomic E-state index is 12.0. The number of aryl methyl sites for hydroxylation is 1. The van der Waals surface area contributed by atoms with Crippen LogP contribution in [0.4, 0.5) is 0 Å². The monoisotopic (exact) mass is 356 g/mol. The first-order chi connectivity index (χ1) is 12.1. The number of nitrogens with zero attached hydrogens (tertiary/aromatic N) is 3. The van der Waals surface area contributed by atoms with Gasteiger partial charge in [-0.25, -0.2) is 9.99 Å². The Morgan fingerprint density at radius 3 is 2.80 bits per heavy atom. The summed E-state index contributed by atoms with van der Waals surface area (Å²) >= 11 is 1.53. The summed E-state index contributed by atoms with van der Waals surface area (Å²) in [5.74, 6) is -0.105. The van der Waals surface area contributed by atoms with Gasteiger partial charge in [0.2, 0.25) is 11.8 Å². The Labute approximate surface area is 150 Å². The molecule has 25 heavy (non-hydrogen) atoms. The number of carbonyl (C=O) groups excluding carboxylic acids is 2. The minimum Gasteiger partial charge on any atom is -0.354 e. The van der Waals surface area contributed by atoms with Gasteiger partial charge in [-0.3, -0.25) is 9.59 Å². The normalized spacial score (nSPS) is 14.4. The summed E-state index contributed by atoms with van der Waals surface area (Å²) in [5, 5.41) is 11.6. The molecule has 3 rings (SSSR count). The van der Waals surface area contributed by atoms with E-state index in [0.29, 0.717) is 25.9 Å². The molecule has 6 nitrogen and oxygen atoms in total. The molecule has 130 valence electrons. The first-order valence-corrected chi connectivity index (χ1v) is 9.11. The molecule has 0 atom stereocenters. The Bertz CT molecular complexity index is 785. The van der Waals surface area contributed by atoms with Crippen LogP contribution in [0.25, 0.3) is 0 Å². The number of thiazole rings is 1. The van der Waals surface area contributed by atoms with Gasteiger partial charge in [0.25, 0.3) is 0 Å². The van der Waals surface area contributed by atoms with Crippen LogP contribution in [-0.4, -0.2) is 40.6 Å². The van der Waals surface area contributed by atoms with Crippen molar-refractivity contribution in [3.8, 4) is 0 Å². The Kier molecular flexibility index (Phi) is 5.55. The van der Waals surface area contributed by atoms with Crippen molar-refractivity contribution < 1.29 is 9.59 Å². The van der Waals surface area contributed by atoms with Gasteiger partial charge in [0.1, 0.15) is 0 Å². The molecule has 2 aromatic rings. The molecule has 2 amide bonds. The molecule has 0 aliphatic carbocycles. The lowest BCUT2D eigenvalue weighted by Crippen LogP contribution is -2.38. The van der Waals surface area contributed by atoms with Crippen LogP contribution in [0.3, 0.4) is 0 Å². The van der Waals surface area contributed by atoms with Crippen LogP contribution in [0.2, 0.25) is 0 Å². The highest BCUT2D eigenvalue weighted by Crippen LogP contribution is 2.14. The molecule has 0 radical (unpaired) electrons. The first-order valence-electron chi connectivity index (χ1n) is 8.23. The van der Waals surface area contributed by atoms with Gasteiger partial charge < -0.3 is 5.32 Å². The number of benzene rings is 1. The summed E-state index contributed by atoms with van der Waals surface area (Å²) < 4.78 is 0. The minimum atomic E-state index is -0.0954. The van der Waals surface area contributed by atoms with E-state index in [1.54, 1.807) is 0 Å². The molecule has 0 unspecified atom stereocenters. The number of hydrazone groups is 1. The number of carbonyl (C=O) groups is 2. The fourth-order valence-corrected chi connectivity index (χ4v) is 3.24. The quantitative estimate of drug-likeness (QED) is 0.862. The van der Waals surface area contributed by atoms with Crippen LogP contribution in [0.15, 0.2) is 40.8 Å². The van der Waals surface area contributed by atoms with E-state index in [9.17, 15) is 9.59 Å². The predicted octanol–water partition coefficient (Wildman–Crippen LogP) is 2.14. The van der Waals surface area contributed by atoms with E-state index in [2.05, 4.69) is 15.4 Å². The van der Waals surface area contributed by atoms with Crippen molar-refractivity contribution in [2.75, 3.05) is 13.1 Å². The molecule has 1 N–H and O–H groups in total. The van der Waals surface area contributed by atoms with E-state index in [1.165, 1.54) is 16.3 Å². The van der Waals surface area contributed by atoms with E-state index in [1.807, 2.05) is 42.6 Å². The molecular weight excluding hydrogens is 336 g/mol. The molecule has 7 heteroatoms. The maximum Gasteiger partial charge on any atom is 0.243 e. The molecule has 1 aliphatic rings. The van der Waals surface area contributed by atoms with E-state index in [0.717, 1.165) is 22.0 Å². The van der Waals surface area contributed by atoms with Crippen molar-refractivity contribution in [3.05, 3.63) is 52.0 Å². The summed E-state index contributed by atoms with van der Waals surface area (Å²) in [4.78, 5) is 28.3. The fourth-order valence-electron chi connectivity index (χ4n) is 2.63. The number of aromatic nitrogens is 1. The third-order valence-corrected chi connectivity index (χ3v) is 4.69. The zero-order valence-corrected chi connectivity index (χ0v) is 14.9. The SMILES string of the molecule is Cc1nc(CC(=O)NCCN2N=C(c3ccccc3)CCC2=O)cs1. The molecular formula is C18H20N4O2S. The second-order valence-electron chi connectivity index (χ2n) is 5.81. The summed E-state index contributed by atoms with van der Waals surface area (Å²) in [5.41, 5.74) is 2.71. The van der Waals surface area contributed by atoms with Crippen molar-refractivity contribution in [3.63, 3.8) is 0 Å². The summed E-state index contributed by atoms with van der Waals surface area (Å²) in [6.07, 6.45) is 1.35. The number of hydrogen-bond donors (Lipinski definition) is 1. The van der Waals surface area contributed by atoms with E-state index < -0.39 is 0 Å². The van der Waals surface area contributed by atoms with Gasteiger partial charge in [-0.1, -0.05) is 30.3 Å². The molecule has 1 aromatic heterocycles. The highest BCUT2D eigenvalue weighted by molar-refractivity contribution is 7.09. The van der Waals surface area contributed by atoms with Crippen LogP contribution >= 0.6 is 11.3 Å². The fraction of sp³-hybridized carbons (Fsp3) is 0.333. The lowest BCUT2D eigenvalue weighted by Gasteiger charge is -2.23. The number of nitrogens with one attached hydrogen (secondary N) is 1. The largest absolute Gasteiger partial charge is 0.354 e. The highest BCUT2D eigenvalue weighted by Gasteiger charge is 2.21. The summed E-state index contributed by atoms with van der Waals surface area (Å²) in [7, 11) is 0. The standard InChI is InChI=1S/C18H20N4O2S/c1-13-20-15(12-25-13)11-17(23)19-9-10-22-18(24)8-7-16(21-22)14-5-3-2-4-6-14/h2-6,12H,7-11H2,1H3,(H,19,23). The Balaban J connectivity index is 1.52. The third-order valence-electron chi connectivity index (χ3n) is 3.87. The average molecular weight is 356 g/mol. The molecule has 1 aliphatic heterocycles. The van der Waals surface area contributed by atoms with Gasteiger partial charge >= 0.3 is 0 Å². The van der Waals surface area contributed by atoms with Gasteiger partial charge in [0.05, 0.1) is 29.4 Å². The number of rotatable bonds is 6. The van der Waals surface area contributed by atoms with Gasteiger partial charge in [-0.15, -0.1) is 11.3 Å². The molecule has 0 bridgehead atoms. The van der Waals surface area contributed by atoms with Crippen molar-refractivity contribution in [1.29, 1.82) is 0 Å². The van der Waals surface area contributed by atoms with Gasteiger partial charge in [-0.2, -0.15) is 5.10 Å². The van der Waals surface area contributed by atoms with E-state index in [-0.39, 0.29) is 18.2 Å². The lowest BCUT2D eigenvalue weighted by molar-refractivity contribution is -0.132. The summed E-state index contributed by atoms with van der Waals surface area (Å²) in [6, 6.07) is 9.85. The number of hydrogen-bond acceptors (Lipinski definition) is 5. The van der Waals surface area contributed by atoms with Crippen LogP contribution in [0.1, 0.15) is 29.1 Å². The highest BCUT2D eigenvalue weighted by atomic mass is 32.1. The van der Waals surface area contributed by atoms with Crippen molar-refractivity contribution >= 4 is 28.9 Å². The molecule has 1 aromatic carbocycles. The predicted molar refractivity (Wildman–Crippen MR) is 97.5 cm³/mol. The van der Waals surface area contributed by atoms with Crippen molar-refractivity contribution in [1.82, 2.24) is 15.3 Å². The minimum absolute atomic E-state index is 0.0101. The number of amides is 2. The first kappa shape index (κ1) is 17.3. The second-order valence-corrected chi connectivity index (χ2v) is 6.88. The topological polar surface area (TPSA) is 74.7 Å². The maximum absolute atomic E-state index is 12.0. The third kappa shape index (κ3) is 4.73. The van der Waals surface area contributed by atoms with E-state index in [4.69, 9.17) is 0 Å². The van der Waals surface area contributed by atoms with Crippen molar-refractivity contribution in [2.24, 2.45) is 5.10 Å². The Morgan fingerprint density at radius 2 is 2.08 bits per heavy atom. The van der Waals surface area contributed by atoms with Crippen LogP contribution in [0.5, 0.6) is 0 Å².